The van der Waals surface area contributed by atoms with Gasteiger partial charge in [-0.15, -0.1) is 0 Å². The van der Waals surface area contributed by atoms with Gasteiger partial charge in [0, 0.05) is 18.3 Å². The Hall–Kier alpha value is -0.790. The van der Waals surface area contributed by atoms with E-state index in [4.69, 9.17) is 0 Å². The molecule has 0 spiro atoms. The van der Waals surface area contributed by atoms with E-state index in [0.29, 0.717) is 5.92 Å². The van der Waals surface area contributed by atoms with Crippen molar-refractivity contribution in [1.29, 1.82) is 0 Å². The normalized spacial score (nSPS) is 13.1. The van der Waals surface area contributed by atoms with Crippen LogP contribution in [0.1, 0.15) is 57.7 Å². The molecule has 1 heterocycles. The average molecular weight is 180 g/mol. The fourth-order valence-corrected chi connectivity index (χ4v) is 1.56. The number of aromatic amines is 1. The number of rotatable bonds is 6. The van der Waals surface area contributed by atoms with Gasteiger partial charge in [0.25, 0.3) is 0 Å². The molecule has 0 amide bonds. The number of unbranched alkanes of at least 4 members (excludes halogenated alkanes) is 3. The predicted octanol–water partition coefficient (Wildman–Crippen LogP) is 3.48. The Morgan fingerprint density at radius 1 is 1.38 bits per heavy atom. The summed E-state index contributed by atoms with van der Waals surface area (Å²) in [4.78, 5) is 7.43. The molecule has 0 fully saturated rings. The molecule has 1 rings (SSSR count). The van der Waals surface area contributed by atoms with Crippen molar-refractivity contribution in [2.75, 3.05) is 0 Å². The van der Waals surface area contributed by atoms with Crippen molar-refractivity contribution in [3.05, 3.63) is 18.2 Å². The molecule has 0 aliphatic heterocycles. The van der Waals surface area contributed by atoms with Crippen LogP contribution in [0.5, 0.6) is 0 Å². The van der Waals surface area contributed by atoms with Crippen LogP contribution in [0.4, 0.5) is 0 Å². The first-order valence-electron chi connectivity index (χ1n) is 5.34. The summed E-state index contributed by atoms with van der Waals surface area (Å²) in [5.74, 6) is 1.73. The second-order valence-electron chi connectivity index (χ2n) is 3.72. The number of imidazole rings is 1. The van der Waals surface area contributed by atoms with E-state index in [2.05, 4.69) is 23.8 Å². The molecule has 0 saturated carbocycles. The number of nitrogens with zero attached hydrogens (tertiary/aromatic N) is 1. The molecule has 1 aromatic heterocycles. The van der Waals surface area contributed by atoms with Crippen LogP contribution in [0.2, 0.25) is 0 Å². The summed E-state index contributed by atoms with van der Waals surface area (Å²) in [6, 6.07) is 0. The van der Waals surface area contributed by atoms with Crippen molar-refractivity contribution in [2.24, 2.45) is 0 Å². The second-order valence-corrected chi connectivity index (χ2v) is 3.72. The summed E-state index contributed by atoms with van der Waals surface area (Å²) < 4.78 is 0. The van der Waals surface area contributed by atoms with E-state index in [1.54, 1.807) is 0 Å². The lowest BCUT2D eigenvalue weighted by Gasteiger charge is -2.07. The number of nitrogens with one attached hydrogen (secondary N) is 1. The lowest BCUT2D eigenvalue weighted by molar-refractivity contribution is 0.565. The first kappa shape index (κ1) is 10.3. The van der Waals surface area contributed by atoms with Crippen LogP contribution in [0, 0.1) is 0 Å². The Morgan fingerprint density at radius 3 is 2.85 bits per heavy atom. The molecule has 0 radical (unpaired) electrons. The van der Waals surface area contributed by atoms with E-state index in [0.717, 1.165) is 5.82 Å². The van der Waals surface area contributed by atoms with Gasteiger partial charge >= 0.3 is 0 Å². The van der Waals surface area contributed by atoms with Crippen LogP contribution in [0.15, 0.2) is 12.4 Å². The third-order valence-corrected chi connectivity index (χ3v) is 2.48. The minimum absolute atomic E-state index is 0.590. The molecule has 1 N–H and O–H groups in total. The molecule has 0 aliphatic carbocycles. The number of aromatic nitrogens is 2. The highest BCUT2D eigenvalue weighted by molar-refractivity contribution is 4.94. The van der Waals surface area contributed by atoms with E-state index < -0.39 is 0 Å². The minimum atomic E-state index is 0.590. The fraction of sp³-hybridized carbons (Fsp3) is 0.727. The topological polar surface area (TPSA) is 28.7 Å². The first-order chi connectivity index (χ1) is 6.34. The molecule has 0 saturated heterocycles. The number of hydrogen-bond donors (Lipinski definition) is 1. The Morgan fingerprint density at radius 2 is 2.23 bits per heavy atom. The van der Waals surface area contributed by atoms with Gasteiger partial charge in [-0.1, -0.05) is 39.5 Å². The summed E-state index contributed by atoms with van der Waals surface area (Å²) in [6.07, 6.45) is 10.4. The van der Waals surface area contributed by atoms with Crippen LogP contribution in [0.3, 0.4) is 0 Å². The largest absolute Gasteiger partial charge is 0.348 e. The van der Waals surface area contributed by atoms with Gasteiger partial charge in [-0.25, -0.2) is 4.98 Å². The number of hydrogen-bond acceptors (Lipinski definition) is 1. The van der Waals surface area contributed by atoms with Gasteiger partial charge in [0.05, 0.1) is 0 Å². The van der Waals surface area contributed by atoms with E-state index in [1.165, 1.54) is 32.1 Å². The molecule has 74 valence electrons. The highest BCUT2D eigenvalue weighted by Gasteiger charge is 2.06. The zero-order chi connectivity index (χ0) is 9.52. The summed E-state index contributed by atoms with van der Waals surface area (Å²) in [5.41, 5.74) is 0. The summed E-state index contributed by atoms with van der Waals surface area (Å²) in [7, 11) is 0. The fourth-order valence-electron chi connectivity index (χ4n) is 1.56. The molecule has 0 aliphatic rings. The van der Waals surface area contributed by atoms with Crippen molar-refractivity contribution < 1.29 is 0 Å². The van der Waals surface area contributed by atoms with Crippen LogP contribution >= 0.6 is 0 Å². The first-order valence-corrected chi connectivity index (χ1v) is 5.34. The van der Waals surface area contributed by atoms with Crippen molar-refractivity contribution >= 4 is 0 Å². The zero-order valence-corrected chi connectivity index (χ0v) is 8.71. The molecule has 2 nitrogen and oxygen atoms in total. The van der Waals surface area contributed by atoms with E-state index >= 15 is 0 Å². The third-order valence-electron chi connectivity index (χ3n) is 2.48. The lowest BCUT2D eigenvalue weighted by Crippen LogP contribution is -1.95. The van der Waals surface area contributed by atoms with Gasteiger partial charge < -0.3 is 4.98 Å². The van der Waals surface area contributed by atoms with Gasteiger partial charge in [-0.3, -0.25) is 0 Å². The standard InChI is InChI=1S/C11H20N2/c1-3-4-5-6-7-10(2)11-12-8-9-13-11/h8-10H,3-7H2,1-2H3,(H,12,13)/t10-/m1/s1. The van der Waals surface area contributed by atoms with Gasteiger partial charge in [-0.2, -0.15) is 0 Å². The third kappa shape index (κ3) is 3.62. The quantitative estimate of drug-likeness (QED) is 0.667. The van der Waals surface area contributed by atoms with Crippen LogP contribution in [0.25, 0.3) is 0 Å². The van der Waals surface area contributed by atoms with Crippen molar-refractivity contribution in [2.45, 2.75) is 51.9 Å². The van der Waals surface area contributed by atoms with E-state index in [-0.39, 0.29) is 0 Å². The van der Waals surface area contributed by atoms with Gasteiger partial charge in [0.1, 0.15) is 5.82 Å². The highest BCUT2D eigenvalue weighted by Crippen LogP contribution is 2.18. The lowest BCUT2D eigenvalue weighted by atomic mass is 10.0. The molecule has 0 aromatic carbocycles. The molecule has 13 heavy (non-hydrogen) atoms. The maximum atomic E-state index is 4.26. The van der Waals surface area contributed by atoms with Crippen molar-refractivity contribution in [3.63, 3.8) is 0 Å². The van der Waals surface area contributed by atoms with Gasteiger partial charge in [0.15, 0.2) is 0 Å². The average Bonchev–Trinajstić information content (AvgIpc) is 2.65. The summed E-state index contributed by atoms with van der Waals surface area (Å²) >= 11 is 0. The molecule has 2 heteroatoms. The zero-order valence-electron chi connectivity index (χ0n) is 8.71. The molecule has 1 atom stereocenters. The van der Waals surface area contributed by atoms with Crippen LogP contribution < -0.4 is 0 Å². The van der Waals surface area contributed by atoms with Crippen molar-refractivity contribution in [1.82, 2.24) is 9.97 Å². The van der Waals surface area contributed by atoms with Gasteiger partial charge in [0.2, 0.25) is 0 Å². The highest BCUT2D eigenvalue weighted by atomic mass is 14.9. The molecule has 1 aromatic rings. The molecular weight excluding hydrogens is 160 g/mol. The Balaban J connectivity index is 2.15. The second kappa shape index (κ2) is 5.79. The minimum Gasteiger partial charge on any atom is -0.348 e. The monoisotopic (exact) mass is 180 g/mol. The van der Waals surface area contributed by atoms with E-state index in [1.807, 2.05) is 12.4 Å². The van der Waals surface area contributed by atoms with Crippen molar-refractivity contribution in [3.8, 4) is 0 Å². The Bertz CT molecular complexity index is 204. The maximum absolute atomic E-state index is 4.26. The SMILES string of the molecule is CCCCCC[C@@H](C)c1ncc[nH]1. The summed E-state index contributed by atoms with van der Waals surface area (Å²) in [5, 5.41) is 0. The van der Waals surface area contributed by atoms with E-state index in [9.17, 15) is 0 Å². The predicted molar refractivity (Wildman–Crippen MR) is 55.8 cm³/mol. The molecule has 0 unspecified atom stereocenters. The Labute approximate surface area is 80.8 Å². The van der Waals surface area contributed by atoms with Crippen LogP contribution in [-0.2, 0) is 0 Å². The van der Waals surface area contributed by atoms with Gasteiger partial charge in [-0.05, 0) is 6.42 Å². The summed E-state index contributed by atoms with van der Waals surface area (Å²) in [6.45, 7) is 4.49. The Kier molecular flexibility index (Phi) is 4.58. The maximum Gasteiger partial charge on any atom is 0.108 e. The molecule has 0 bridgehead atoms. The number of H-pyrrole nitrogens is 1. The molecular formula is C11H20N2. The van der Waals surface area contributed by atoms with Crippen LogP contribution in [-0.4, -0.2) is 9.97 Å². The smallest absolute Gasteiger partial charge is 0.108 e.